The first-order valence-corrected chi connectivity index (χ1v) is 6.49. The Labute approximate surface area is 108 Å². The minimum Gasteiger partial charge on any atom is -0.330 e. The van der Waals surface area contributed by atoms with Crippen LogP contribution in [0, 0.1) is 5.92 Å². The minimum atomic E-state index is -0.0452. The lowest BCUT2D eigenvalue weighted by Gasteiger charge is -2.12. The molecular formula is C16H19NO. The van der Waals surface area contributed by atoms with Crippen LogP contribution in [0.15, 0.2) is 42.5 Å². The van der Waals surface area contributed by atoms with Gasteiger partial charge in [0.25, 0.3) is 0 Å². The SMILES string of the molecule is CCCC(CN)C(=O)c1ccc2ccccc2c1. The minimum absolute atomic E-state index is 0.0452. The van der Waals surface area contributed by atoms with Crippen LogP contribution in [0.4, 0.5) is 0 Å². The molecule has 0 amide bonds. The summed E-state index contributed by atoms with van der Waals surface area (Å²) in [4.78, 5) is 12.3. The van der Waals surface area contributed by atoms with Gasteiger partial charge in [0.2, 0.25) is 0 Å². The second-order valence-electron chi connectivity index (χ2n) is 4.65. The van der Waals surface area contributed by atoms with Crippen molar-refractivity contribution in [2.45, 2.75) is 19.8 Å². The molecule has 0 bridgehead atoms. The Balaban J connectivity index is 2.32. The summed E-state index contributed by atoms with van der Waals surface area (Å²) in [5.74, 6) is 0.126. The van der Waals surface area contributed by atoms with Gasteiger partial charge in [0.05, 0.1) is 0 Å². The quantitative estimate of drug-likeness (QED) is 0.815. The van der Waals surface area contributed by atoms with Gasteiger partial charge >= 0.3 is 0 Å². The van der Waals surface area contributed by atoms with Crippen LogP contribution in [0.25, 0.3) is 10.8 Å². The number of carbonyl (C=O) groups excluding carboxylic acids is 1. The molecule has 0 radical (unpaired) electrons. The third-order valence-electron chi connectivity index (χ3n) is 3.33. The standard InChI is InChI=1S/C16H19NO/c1-2-5-15(11-17)16(18)14-9-8-12-6-3-4-7-13(12)10-14/h3-4,6-10,15H,2,5,11,17H2,1H3. The van der Waals surface area contributed by atoms with Crippen molar-refractivity contribution in [1.29, 1.82) is 0 Å². The topological polar surface area (TPSA) is 43.1 Å². The first-order chi connectivity index (χ1) is 8.76. The summed E-state index contributed by atoms with van der Waals surface area (Å²) in [5, 5.41) is 2.27. The smallest absolute Gasteiger partial charge is 0.167 e. The van der Waals surface area contributed by atoms with Crippen LogP contribution in [-0.4, -0.2) is 12.3 Å². The van der Waals surface area contributed by atoms with E-state index in [4.69, 9.17) is 5.73 Å². The predicted octanol–water partition coefficient (Wildman–Crippen LogP) is 3.40. The van der Waals surface area contributed by atoms with Gasteiger partial charge in [-0.05, 0) is 23.3 Å². The van der Waals surface area contributed by atoms with Crippen LogP contribution >= 0.6 is 0 Å². The molecular weight excluding hydrogens is 222 g/mol. The maximum atomic E-state index is 12.3. The van der Waals surface area contributed by atoms with Crippen LogP contribution in [-0.2, 0) is 0 Å². The van der Waals surface area contributed by atoms with Crippen LogP contribution in [0.5, 0.6) is 0 Å². The van der Waals surface area contributed by atoms with Crippen molar-refractivity contribution in [3.05, 3.63) is 48.0 Å². The Bertz CT molecular complexity index is 548. The highest BCUT2D eigenvalue weighted by atomic mass is 16.1. The molecule has 2 N–H and O–H groups in total. The van der Waals surface area contributed by atoms with Crippen LogP contribution in [0.1, 0.15) is 30.1 Å². The largest absolute Gasteiger partial charge is 0.330 e. The Kier molecular flexibility index (Phi) is 4.11. The lowest BCUT2D eigenvalue weighted by molar-refractivity contribution is 0.0917. The van der Waals surface area contributed by atoms with Crippen molar-refractivity contribution >= 4 is 16.6 Å². The van der Waals surface area contributed by atoms with Crippen molar-refractivity contribution < 1.29 is 4.79 Å². The summed E-state index contributed by atoms with van der Waals surface area (Å²) in [6, 6.07) is 14.0. The number of nitrogens with two attached hydrogens (primary N) is 1. The van der Waals surface area contributed by atoms with Crippen molar-refractivity contribution in [2.75, 3.05) is 6.54 Å². The zero-order valence-electron chi connectivity index (χ0n) is 10.7. The van der Waals surface area contributed by atoms with E-state index in [-0.39, 0.29) is 11.7 Å². The van der Waals surface area contributed by atoms with Crippen molar-refractivity contribution in [3.8, 4) is 0 Å². The third kappa shape index (κ3) is 2.59. The maximum Gasteiger partial charge on any atom is 0.167 e. The van der Waals surface area contributed by atoms with E-state index in [0.29, 0.717) is 6.54 Å². The summed E-state index contributed by atoms with van der Waals surface area (Å²) in [6.07, 6.45) is 1.85. The highest BCUT2D eigenvalue weighted by molar-refractivity contribution is 6.01. The molecule has 0 fully saturated rings. The number of rotatable bonds is 5. The monoisotopic (exact) mass is 241 g/mol. The summed E-state index contributed by atoms with van der Waals surface area (Å²) >= 11 is 0. The van der Waals surface area contributed by atoms with Gasteiger partial charge in [0, 0.05) is 18.0 Å². The number of fused-ring (bicyclic) bond motifs is 1. The van der Waals surface area contributed by atoms with Crippen molar-refractivity contribution in [3.63, 3.8) is 0 Å². The second-order valence-corrected chi connectivity index (χ2v) is 4.65. The Morgan fingerprint density at radius 2 is 1.89 bits per heavy atom. The average molecular weight is 241 g/mol. The van der Waals surface area contributed by atoms with E-state index in [0.717, 1.165) is 29.2 Å². The molecule has 0 saturated carbocycles. The van der Waals surface area contributed by atoms with Gasteiger partial charge in [0.1, 0.15) is 0 Å². The highest BCUT2D eigenvalue weighted by Crippen LogP contribution is 2.19. The van der Waals surface area contributed by atoms with Gasteiger partial charge in [-0.1, -0.05) is 49.7 Å². The number of hydrogen-bond acceptors (Lipinski definition) is 2. The summed E-state index contributed by atoms with van der Waals surface area (Å²) in [7, 11) is 0. The summed E-state index contributed by atoms with van der Waals surface area (Å²) in [6.45, 7) is 2.51. The molecule has 2 heteroatoms. The average Bonchev–Trinajstić information content (AvgIpc) is 2.43. The van der Waals surface area contributed by atoms with E-state index in [2.05, 4.69) is 13.0 Å². The molecule has 18 heavy (non-hydrogen) atoms. The molecule has 0 aliphatic carbocycles. The molecule has 2 aromatic rings. The van der Waals surface area contributed by atoms with Gasteiger partial charge in [-0.2, -0.15) is 0 Å². The van der Waals surface area contributed by atoms with Gasteiger partial charge in [-0.15, -0.1) is 0 Å². The van der Waals surface area contributed by atoms with Gasteiger partial charge < -0.3 is 5.73 Å². The molecule has 1 unspecified atom stereocenters. The predicted molar refractivity (Wildman–Crippen MR) is 75.7 cm³/mol. The Morgan fingerprint density at radius 1 is 1.17 bits per heavy atom. The molecule has 2 aromatic carbocycles. The van der Waals surface area contributed by atoms with E-state index in [9.17, 15) is 4.79 Å². The fourth-order valence-corrected chi connectivity index (χ4v) is 2.28. The zero-order chi connectivity index (χ0) is 13.0. The first kappa shape index (κ1) is 12.8. The molecule has 0 aliphatic heterocycles. The van der Waals surface area contributed by atoms with Gasteiger partial charge in [-0.3, -0.25) is 4.79 Å². The summed E-state index contributed by atoms with van der Waals surface area (Å²) in [5.41, 5.74) is 6.46. The number of carbonyl (C=O) groups is 1. The number of hydrogen-bond donors (Lipinski definition) is 1. The zero-order valence-corrected chi connectivity index (χ0v) is 10.7. The van der Waals surface area contributed by atoms with Gasteiger partial charge in [-0.25, -0.2) is 0 Å². The molecule has 0 spiro atoms. The van der Waals surface area contributed by atoms with E-state index in [1.54, 1.807) is 0 Å². The number of ketones is 1. The first-order valence-electron chi connectivity index (χ1n) is 6.49. The summed E-state index contributed by atoms with van der Waals surface area (Å²) < 4.78 is 0. The molecule has 94 valence electrons. The number of Topliss-reactive ketones (excluding diaryl/α,β-unsaturated/α-hetero) is 1. The van der Waals surface area contributed by atoms with Crippen LogP contribution < -0.4 is 5.73 Å². The molecule has 1 atom stereocenters. The Hall–Kier alpha value is -1.67. The van der Waals surface area contributed by atoms with E-state index >= 15 is 0 Å². The van der Waals surface area contributed by atoms with Crippen molar-refractivity contribution in [1.82, 2.24) is 0 Å². The fourth-order valence-electron chi connectivity index (χ4n) is 2.28. The molecule has 0 heterocycles. The fraction of sp³-hybridized carbons (Fsp3) is 0.312. The van der Waals surface area contributed by atoms with Crippen molar-refractivity contribution in [2.24, 2.45) is 11.7 Å². The van der Waals surface area contributed by atoms with Gasteiger partial charge in [0.15, 0.2) is 5.78 Å². The van der Waals surface area contributed by atoms with E-state index in [1.807, 2.05) is 36.4 Å². The molecule has 0 aliphatic rings. The normalized spacial score (nSPS) is 12.6. The second kappa shape index (κ2) is 5.78. The lowest BCUT2D eigenvalue weighted by atomic mass is 9.92. The highest BCUT2D eigenvalue weighted by Gasteiger charge is 2.17. The number of benzene rings is 2. The van der Waals surface area contributed by atoms with Crippen LogP contribution in [0.2, 0.25) is 0 Å². The van der Waals surface area contributed by atoms with E-state index in [1.165, 1.54) is 0 Å². The van der Waals surface area contributed by atoms with Crippen LogP contribution in [0.3, 0.4) is 0 Å². The molecule has 2 nitrogen and oxygen atoms in total. The Morgan fingerprint density at radius 3 is 2.56 bits per heavy atom. The molecule has 0 saturated heterocycles. The molecule has 2 rings (SSSR count). The van der Waals surface area contributed by atoms with E-state index < -0.39 is 0 Å². The lowest BCUT2D eigenvalue weighted by Crippen LogP contribution is -2.23. The molecule has 0 aromatic heterocycles. The third-order valence-corrected chi connectivity index (χ3v) is 3.33. The maximum absolute atomic E-state index is 12.3.